The number of ether oxygens (including phenoxy) is 1. The number of unbranched alkanes of at least 4 members (excludes halogenated alkanes) is 1. The molecule has 4 unspecified atom stereocenters. The Labute approximate surface area is 187 Å². The maximum absolute atomic E-state index is 12.8. The van der Waals surface area contributed by atoms with Crippen molar-refractivity contribution in [3.8, 4) is 5.75 Å². The number of aliphatic hydroxyl groups is 1. The Kier molecular flexibility index (Phi) is 9.82. The van der Waals surface area contributed by atoms with Gasteiger partial charge in [0.2, 0.25) is 0 Å². The van der Waals surface area contributed by atoms with Gasteiger partial charge in [-0.3, -0.25) is 4.79 Å². The van der Waals surface area contributed by atoms with Crippen LogP contribution in [0.1, 0.15) is 51.5 Å². The Morgan fingerprint density at radius 1 is 1.31 bits per heavy atom. The fourth-order valence-electron chi connectivity index (χ4n) is 4.14. The van der Waals surface area contributed by atoms with Crippen molar-refractivity contribution in [1.29, 1.82) is 0 Å². The van der Waals surface area contributed by atoms with Crippen LogP contribution in [0.2, 0.25) is 0 Å². The van der Waals surface area contributed by atoms with E-state index in [0.717, 1.165) is 25.0 Å². The number of hydrogen-bond acceptors (Lipinski definition) is 3. The molecule has 0 heterocycles. The number of carboxylic acids is 1. The van der Waals surface area contributed by atoms with Crippen molar-refractivity contribution in [1.82, 2.24) is 0 Å². The van der Waals surface area contributed by atoms with Gasteiger partial charge in [-0.1, -0.05) is 44.2 Å². The second-order valence-corrected chi connectivity index (χ2v) is 8.71. The van der Waals surface area contributed by atoms with E-state index in [-0.39, 0.29) is 42.6 Å². The molecule has 1 aromatic carbocycles. The predicted octanol–water partition coefficient (Wildman–Crippen LogP) is 6.11. The van der Waals surface area contributed by atoms with Crippen LogP contribution in [0.15, 0.2) is 48.6 Å². The van der Waals surface area contributed by atoms with Gasteiger partial charge < -0.3 is 14.9 Å². The van der Waals surface area contributed by atoms with E-state index >= 15 is 0 Å². The van der Waals surface area contributed by atoms with Gasteiger partial charge in [0, 0.05) is 12.3 Å². The molecule has 2 N–H and O–H groups in total. The van der Waals surface area contributed by atoms with Gasteiger partial charge in [-0.05, 0) is 61.6 Å². The number of halogens is 3. The second kappa shape index (κ2) is 12.1. The molecule has 0 spiro atoms. The van der Waals surface area contributed by atoms with E-state index in [1.807, 2.05) is 25.2 Å². The predicted molar refractivity (Wildman–Crippen MR) is 117 cm³/mol. The number of carbonyl (C=O) groups is 1. The standard InChI is InChI=1S/C25H33F3O4/c1-17(16-32-20-9-7-8-19(15-20)25(26,27)28)12-13-21-18(2)14-23(29)22(21)10-5-3-4-6-11-24(30)31/h3,5,7-9,12-13,15,17-18,21-23,29H,4,6,10-11,14,16H2,1-2H3,(H,30,31)/b5-3-,13-12+/t17?,18?,21-,22?,23?/m0/s1. The number of alkyl halides is 3. The number of aliphatic carboxylic acids is 1. The first-order valence-corrected chi connectivity index (χ1v) is 11.1. The summed E-state index contributed by atoms with van der Waals surface area (Å²) in [5.41, 5.74) is -0.731. The van der Waals surface area contributed by atoms with Crippen LogP contribution in [0.4, 0.5) is 13.2 Å². The molecule has 1 aromatic rings. The molecule has 1 fully saturated rings. The van der Waals surface area contributed by atoms with Gasteiger partial charge in [0.15, 0.2) is 0 Å². The summed E-state index contributed by atoms with van der Waals surface area (Å²) in [5.74, 6) is 0.00798. The van der Waals surface area contributed by atoms with Crippen LogP contribution in [-0.2, 0) is 11.0 Å². The van der Waals surface area contributed by atoms with Crippen LogP contribution < -0.4 is 4.74 Å². The molecule has 5 atom stereocenters. The lowest BCUT2D eigenvalue weighted by Gasteiger charge is -2.20. The van der Waals surface area contributed by atoms with Gasteiger partial charge in [0.1, 0.15) is 5.75 Å². The Balaban J connectivity index is 1.87. The minimum absolute atomic E-state index is 0.00157. The molecule has 7 heteroatoms. The minimum Gasteiger partial charge on any atom is -0.493 e. The topological polar surface area (TPSA) is 66.8 Å². The molecule has 0 bridgehead atoms. The van der Waals surface area contributed by atoms with Gasteiger partial charge in [-0.2, -0.15) is 13.2 Å². The van der Waals surface area contributed by atoms with Crippen molar-refractivity contribution >= 4 is 5.97 Å². The van der Waals surface area contributed by atoms with Crippen LogP contribution in [-0.4, -0.2) is 28.9 Å². The zero-order valence-electron chi connectivity index (χ0n) is 18.6. The van der Waals surface area contributed by atoms with E-state index < -0.39 is 17.7 Å². The fourth-order valence-corrected chi connectivity index (χ4v) is 4.14. The molecule has 1 saturated carbocycles. The number of hydrogen-bond donors (Lipinski definition) is 2. The molecule has 4 nitrogen and oxygen atoms in total. The van der Waals surface area contributed by atoms with Gasteiger partial charge in [-0.25, -0.2) is 0 Å². The zero-order chi connectivity index (χ0) is 23.7. The van der Waals surface area contributed by atoms with E-state index in [1.165, 1.54) is 12.1 Å². The average molecular weight is 455 g/mol. The van der Waals surface area contributed by atoms with Crippen LogP contribution in [0.25, 0.3) is 0 Å². The van der Waals surface area contributed by atoms with Crippen LogP contribution in [0, 0.1) is 23.7 Å². The van der Waals surface area contributed by atoms with Crippen LogP contribution in [0.5, 0.6) is 5.75 Å². The molecule has 1 aliphatic rings. The summed E-state index contributed by atoms with van der Waals surface area (Å²) in [7, 11) is 0. The summed E-state index contributed by atoms with van der Waals surface area (Å²) in [5, 5.41) is 19.1. The monoisotopic (exact) mass is 454 g/mol. The first-order valence-electron chi connectivity index (χ1n) is 11.1. The van der Waals surface area contributed by atoms with E-state index in [4.69, 9.17) is 9.84 Å². The molecular formula is C25H33F3O4. The Morgan fingerprint density at radius 2 is 2.06 bits per heavy atom. The number of allylic oxidation sites excluding steroid dienone is 3. The van der Waals surface area contributed by atoms with Crippen molar-refractivity contribution in [2.75, 3.05) is 6.61 Å². The maximum atomic E-state index is 12.8. The lowest BCUT2D eigenvalue weighted by molar-refractivity contribution is -0.138. The van der Waals surface area contributed by atoms with E-state index in [9.17, 15) is 23.1 Å². The lowest BCUT2D eigenvalue weighted by Crippen LogP contribution is -2.18. The Hall–Kier alpha value is -2.28. The molecule has 2 rings (SSSR count). The SMILES string of the molecule is CC(/C=C/[C@H]1C(C)CC(O)C1C/C=C\CCCC(=O)O)COc1cccc(C(F)(F)F)c1. The molecule has 178 valence electrons. The highest BCUT2D eigenvalue weighted by Gasteiger charge is 2.37. The molecule has 0 radical (unpaired) electrons. The maximum Gasteiger partial charge on any atom is 0.416 e. The average Bonchev–Trinajstić information content (AvgIpc) is 2.99. The van der Waals surface area contributed by atoms with E-state index in [0.29, 0.717) is 18.8 Å². The van der Waals surface area contributed by atoms with Gasteiger partial charge in [-0.15, -0.1) is 0 Å². The third-order valence-electron chi connectivity index (χ3n) is 5.93. The molecular weight excluding hydrogens is 421 g/mol. The largest absolute Gasteiger partial charge is 0.493 e. The van der Waals surface area contributed by atoms with E-state index in [2.05, 4.69) is 13.0 Å². The molecule has 0 aromatic heterocycles. The highest BCUT2D eigenvalue weighted by molar-refractivity contribution is 5.66. The summed E-state index contributed by atoms with van der Waals surface area (Å²) in [6.07, 6.45) is 6.23. The van der Waals surface area contributed by atoms with Crippen molar-refractivity contribution < 1.29 is 32.9 Å². The second-order valence-electron chi connectivity index (χ2n) is 8.71. The summed E-state index contributed by atoms with van der Waals surface area (Å²) < 4.78 is 44.1. The van der Waals surface area contributed by atoms with Gasteiger partial charge in [0.25, 0.3) is 0 Å². The van der Waals surface area contributed by atoms with E-state index in [1.54, 1.807) is 0 Å². The van der Waals surface area contributed by atoms with Gasteiger partial charge >= 0.3 is 12.1 Å². The smallest absolute Gasteiger partial charge is 0.416 e. The number of benzene rings is 1. The molecule has 0 aliphatic heterocycles. The summed E-state index contributed by atoms with van der Waals surface area (Å²) in [6.45, 7) is 4.31. The first-order chi connectivity index (χ1) is 15.1. The highest BCUT2D eigenvalue weighted by Crippen LogP contribution is 2.40. The molecule has 0 amide bonds. The summed E-state index contributed by atoms with van der Waals surface area (Å²) >= 11 is 0. The quantitative estimate of drug-likeness (QED) is 0.313. The van der Waals surface area contributed by atoms with Crippen molar-refractivity contribution in [3.63, 3.8) is 0 Å². The third kappa shape index (κ3) is 8.34. The number of aliphatic hydroxyl groups excluding tert-OH is 1. The van der Waals surface area contributed by atoms with Crippen molar-refractivity contribution in [2.45, 2.75) is 58.2 Å². The number of carboxylic acid groups (broad SMARTS) is 1. The Bertz CT molecular complexity index is 788. The number of rotatable bonds is 11. The minimum atomic E-state index is -4.40. The summed E-state index contributed by atoms with van der Waals surface area (Å²) in [6, 6.07) is 4.87. The Morgan fingerprint density at radius 3 is 2.75 bits per heavy atom. The molecule has 1 aliphatic carbocycles. The molecule has 32 heavy (non-hydrogen) atoms. The summed E-state index contributed by atoms with van der Waals surface area (Å²) in [4.78, 5) is 10.6. The zero-order valence-corrected chi connectivity index (χ0v) is 18.6. The van der Waals surface area contributed by atoms with Gasteiger partial charge in [0.05, 0.1) is 18.3 Å². The normalized spacial score (nSPS) is 24.9. The van der Waals surface area contributed by atoms with Crippen molar-refractivity contribution in [3.05, 3.63) is 54.1 Å². The molecule has 0 saturated heterocycles. The fraction of sp³-hybridized carbons (Fsp3) is 0.560. The lowest BCUT2D eigenvalue weighted by atomic mass is 9.86. The third-order valence-corrected chi connectivity index (χ3v) is 5.93. The first kappa shape index (κ1) is 26.0. The van der Waals surface area contributed by atoms with Crippen LogP contribution >= 0.6 is 0 Å². The highest BCUT2D eigenvalue weighted by atomic mass is 19.4. The van der Waals surface area contributed by atoms with Crippen molar-refractivity contribution in [2.24, 2.45) is 23.7 Å². The van der Waals surface area contributed by atoms with Crippen LogP contribution in [0.3, 0.4) is 0 Å².